The van der Waals surface area contributed by atoms with Crippen LogP contribution in [0.3, 0.4) is 0 Å². The SMILES string of the molecule is COC(=O)c1cc(-c2ccc(-c3cnn4c(N)c(C(C)=O)c([C@H]5CC[C@@](O)(CO)CC5)nc34)cn2)ccc1OC. The first-order valence-corrected chi connectivity index (χ1v) is 12.9. The van der Waals surface area contributed by atoms with Gasteiger partial charge in [-0.2, -0.15) is 9.61 Å². The maximum atomic E-state index is 12.6. The molecule has 0 bridgehead atoms. The number of esters is 1. The standard InChI is InChI=1S/C29H31N5O6/c1-16(36)24-25(17-8-10-29(38,15-35)11-9-17)33-27-21(14-32-34(27)26(24)30)19-4-6-22(31-13-19)18-5-7-23(39-2)20(12-18)28(37)40-3/h4-7,12-14,17,35,38H,8-11,15,30H2,1-3H3/t17-,29-. The molecule has 40 heavy (non-hydrogen) atoms. The number of anilines is 1. The summed E-state index contributed by atoms with van der Waals surface area (Å²) in [5, 5.41) is 24.4. The number of rotatable bonds is 7. The Balaban J connectivity index is 1.53. The molecule has 0 spiro atoms. The molecule has 11 nitrogen and oxygen atoms in total. The molecule has 3 aromatic heterocycles. The lowest BCUT2D eigenvalue weighted by molar-refractivity contribution is -0.0458. The molecule has 0 aliphatic heterocycles. The first-order valence-electron chi connectivity index (χ1n) is 12.9. The predicted molar refractivity (Wildman–Crippen MR) is 147 cm³/mol. The van der Waals surface area contributed by atoms with Gasteiger partial charge < -0.3 is 25.4 Å². The summed E-state index contributed by atoms with van der Waals surface area (Å²) in [6.45, 7) is 1.15. The number of ether oxygens (including phenoxy) is 2. The number of hydrogen-bond donors (Lipinski definition) is 3. The average molecular weight is 546 g/mol. The monoisotopic (exact) mass is 545 g/mol. The Morgan fingerprint density at radius 2 is 1.85 bits per heavy atom. The number of aliphatic hydroxyl groups is 2. The quantitative estimate of drug-likeness (QED) is 0.232. The van der Waals surface area contributed by atoms with Crippen molar-refractivity contribution >= 4 is 23.2 Å². The van der Waals surface area contributed by atoms with Gasteiger partial charge in [0.1, 0.15) is 17.1 Å². The van der Waals surface area contributed by atoms with Gasteiger partial charge in [-0.1, -0.05) is 6.07 Å². The molecule has 1 saturated carbocycles. The van der Waals surface area contributed by atoms with Crippen LogP contribution in [0.1, 0.15) is 64.9 Å². The molecule has 0 radical (unpaired) electrons. The minimum absolute atomic E-state index is 0.0969. The number of nitrogen functional groups attached to an aromatic ring is 1. The van der Waals surface area contributed by atoms with Crippen LogP contribution in [0, 0.1) is 0 Å². The minimum Gasteiger partial charge on any atom is -0.496 e. The number of fused-ring (bicyclic) bond motifs is 1. The Hall–Kier alpha value is -4.35. The molecule has 0 atom stereocenters. The van der Waals surface area contributed by atoms with E-state index in [1.165, 1.54) is 25.7 Å². The molecular weight excluding hydrogens is 514 g/mol. The van der Waals surface area contributed by atoms with Crippen LogP contribution in [0.25, 0.3) is 28.0 Å². The van der Waals surface area contributed by atoms with E-state index in [0.29, 0.717) is 70.7 Å². The Morgan fingerprint density at radius 1 is 1.12 bits per heavy atom. The third-order valence-electron chi connectivity index (χ3n) is 7.64. The van der Waals surface area contributed by atoms with E-state index in [1.807, 2.05) is 18.2 Å². The van der Waals surface area contributed by atoms with Gasteiger partial charge in [-0.3, -0.25) is 9.78 Å². The van der Waals surface area contributed by atoms with Crippen LogP contribution in [0.15, 0.2) is 42.7 Å². The number of ketones is 1. The number of benzene rings is 1. The Labute approximate surface area is 230 Å². The summed E-state index contributed by atoms with van der Waals surface area (Å²) >= 11 is 0. The predicted octanol–water partition coefficient (Wildman–Crippen LogP) is 3.42. The summed E-state index contributed by atoms with van der Waals surface area (Å²) in [5.41, 5.74) is 9.83. The van der Waals surface area contributed by atoms with Crippen molar-refractivity contribution in [3.63, 3.8) is 0 Å². The maximum Gasteiger partial charge on any atom is 0.341 e. The summed E-state index contributed by atoms with van der Waals surface area (Å²) in [6, 6.07) is 8.87. The fraction of sp³-hybridized carbons (Fsp3) is 0.345. The average Bonchev–Trinajstić information content (AvgIpc) is 3.41. The second-order valence-electron chi connectivity index (χ2n) is 10.1. The highest BCUT2D eigenvalue weighted by atomic mass is 16.5. The number of hydrogen-bond acceptors (Lipinski definition) is 10. The zero-order valence-electron chi connectivity index (χ0n) is 22.5. The van der Waals surface area contributed by atoms with Gasteiger partial charge in [-0.15, -0.1) is 0 Å². The van der Waals surface area contributed by atoms with Crippen molar-refractivity contribution < 1.29 is 29.3 Å². The van der Waals surface area contributed by atoms with Crippen LogP contribution in [0.2, 0.25) is 0 Å². The molecule has 0 unspecified atom stereocenters. The van der Waals surface area contributed by atoms with Crippen molar-refractivity contribution in [2.45, 2.75) is 44.1 Å². The number of pyridine rings is 1. The Bertz CT molecular complexity index is 1590. The number of nitrogens with two attached hydrogens (primary N) is 1. The fourth-order valence-corrected chi connectivity index (χ4v) is 5.34. The smallest absolute Gasteiger partial charge is 0.341 e. The molecule has 0 saturated heterocycles. The van der Waals surface area contributed by atoms with Crippen LogP contribution in [0.4, 0.5) is 5.82 Å². The van der Waals surface area contributed by atoms with Gasteiger partial charge >= 0.3 is 5.97 Å². The van der Waals surface area contributed by atoms with Gasteiger partial charge in [0.25, 0.3) is 0 Å². The van der Waals surface area contributed by atoms with Crippen LogP contribution < -0.4 is 10.5 Å². The highest BCUT2D eigenvalue weighted by Crippen LogP contribution is 2.40. The number of methoxy groups -OCH3 is 2. The fourth-order valence-electron chi connectivity index (χ4n) is 5.34. The maximum absolute atomic E-state index is 12.6. The van der Waals surface area contributed by atoms with E-state index >= 15 is 0 Å². The second-order valence-corrected chi connectivity index (χ2v) is 10.1. The third kappa shape index (κ3) is 4.78. The van der Waals surface area contributed by atoms with E-state index in [0.717, 1.165) is 5.56 Å². The molecule has 3 heterocycles. The van der Waals surface area contributed by atoms with E-state index in [2.05, 4.69) is 10.1 Å². The number of nitrogens with zero attached hydrogens (tertiary/aromatic N) is 4. The highest BCUT2D eigenvalue weighted by Gasteiger charge is 2.36. The second kappa shape index (κ2) is 10.7. The number of aromatic nitrogens is 4. The molecular formula is C29H31N5O6. The molecule has 1 aromatic carbocycles. The van der Waals surface area contributed by atoms with Crippen molar-refractivity contribution in [2.24, 2.45) is 0 Å². The van der Waals surface area contributed by atoms with Crippen molar-refractivity contribution in [3.05, 3.63) is 59.5 Å². The zero-order chi connectivity index (χ0) is 28.6. The summed E-state index contributed by atoms with van der Waals surface area (Å²) in [4.78, 5) is 34.3. The van der Waals surface area contributed by atoms with Crippen molar-refractivity contribution in [2.75, 3.05) is 26.6 Å². The van der Waals surface area contributed by atoms with Gasteiger partial charge in [-0.25, -0.2) is 9.78 Å². The van der Waals surface area contributed by atoms with Gasteiger partial charge in [0, 0.05) is 28.8 Å². The summed E-state index contributed by atoms with van der Waals surface area (Å²) in [5.74, 6) is -0.203. The number of carbonyl (C=O) groups is 2. The lowest BCUT2D eigenvalue weighted by Gasteiger charge is -2.34. The van der Waals surface area contributed by atoms with Crippen LogP contribution in [-0.4, -0.2) is 68.0 Å². The molecule has 1 aliphatic carbocycles. The number of aliphatic hydroxyl groups excluding tert-OH is 1. The first-order chi connectivity index (χ1) is 19.2. The van der Waals surface area contributed by atoms with E-state index in [1.54, 1.807) is 24.5 Å². The summed E-state index contributed by atoms with van der Waals surface area (Å²) < 4.78 is 11.6. The van der Waals surface area contributed by atoms with Gasteiger partial charge in [0.15, 0.2) is 11.4 Å². The molecule has 1 fully saturated rings. The summed E-state index contributed by atoms with van der Waals surface area (Å²) in [7, 11) is 2.80. The topological polar surface area (TPSA) is 162 Å². The molecule has 4 aromatic rings. The lowest BCUT2D eigenvalue weighted by atomic mass is 9.77. The molecule has 208 valence electrons. The van der Waals surface area contributed by atoms with E-state index in [9.17, 15) is 19.8 Å². The van der Waals surface area contributed by atoms with Gasteiger partial charge in [0.05, 0.1) is 49.6 Å². The molecule has 0 amide bonds. The Kier molecular flexibility index (Phi) is 7.26. The van der Waals surface area contributed by atoms with Crippen LogP contribution >= 0.6 is 0 Å². The normalized spacial score (nSPS) is 19.0. The van der Waals surface area contributed by atoms with Crippen molar-refractivity contribution in [1.29, 1.82) is 0 Å². The Morgan fingerprint density at radius 3 is 2.45 bits per heavy atom. The molecule has 5 rings (SSSR count). The van der Waals surface area contributed by atoms with Crippen LogP contribution in [-0.2, 0) is 4.74 Å². The lowest BCUT2D eigenvalue weighted by Crippen LogP contribution is -2.37. The highest BCUT2D eigenvalue weighted by molar-refractivity contribution is 6.00. The minimum atomic E-state index is -1.11. The zero-order valence-corrected chi connectivity index (χ0v) is 22.5. The molecule has 11 heteroatoms. The first kappa shape index (κ1) is 27.2. The summed E-state index contributed by atoms with van der Waals surface area (Å²) in [6.07, 6.45) is 5.26. The van der Waals surface area contributed by atoms with Gasteiger partial charge in [0.2, 0.25) is 0 Å². The van der Waals surface area contributed by atoms with Crippen molar-refractivity contribution in [1.82, 2.24) is 19.6 Å². The van der Waals surface area contributed by atoms with Crippen LogP contribution in [0.5, 0.6) is 5.75 Å². The van der Waals surface area contributed by atoms with E-state index < -0.39 is 11.6 Å². The number of Topliss-reactive ketones (excluding diaryl/α,β-unsaturated/α-hetero) is 1. The van der Waals surface area contributed by atoms with Gasteiger partial charge in [-0.05, 0) is 56.9 Å². The van der Waals surface area contributed by atoms with E-state index in [-0.39, 0.29) is 24.1 Å². The largest absolute Gasteiger partial charge is 0.496 e. The third-order valence-corrected chi connectivity index (χ3v) is 7.64. The van der Waals surface area contributed by atoms with E-state index in [4.69, 9.17) is 20.2 Å². The number of carbonyl (C=O) groups excluding carboxylic acids is 2. The molecule has 4 N–H and O–H groups in total. The van der Waals surface area contributed by atoms with Crippen molar-refractivity contribution in [3.8, 4) is 28.1 Å². The molecule has 1 aliphatic rings.